The molecule has 0 atom stereocenters. The van der Waals surface area contributed by atoms with Gasteiger partial charge >= 0.3 is 0 Å². The SMILES string of the molecule is COc1ccc(-c2[nH]c(=S)nc3nc[nH]c(=O)c23)cc1CO. The van der Waals surface area contributed by atoms with Crippen molar-refractivity contribution in [3.63, 3.8) is 0 Å². The molecule has 112 valence electrons. The summed E-state index contributed by atoms with van der Waals surface area (Å²) in [5, 5.41) is 9.75. The Morgan fingerprint density at radius 3 is 2.95 bits per heavy atom. The molecular formula is C14H12N4O3S. The molecule has 8 heteroatoms. The first kappa shape index (κ1) is 14.4. The van der Waals surface area contributed by atoms with Gasteiger partial charge in [0, 0.05) is 5.56 Å². The average Bonchev–Trinajstić information content (AvgIpc) is 2.53. The number of hydrogen-bond donors (Lipinski definition) is 3. The number of ether oxygens (including phenoxy) is 1. The molecule has 0 spiro atoms. The van der Waals surface area contributed by atoms with E-state index in [-0.39, 0.29) is 22.6 Å². The topological polar surface area (TPSA) is 104 Å². The second-order valence-electron chi connectivity index (χ2n) is 4.53. The maximum atomic E-state index is 12.1. The monoisotopic (exact) mass is 316 g/mol. The number of aromatic nitrogens is 4. The summed E-state index contributed by atoms with van der Waals surface area (Å²) in [6, 6.07) is 5.21. The van der Waals surface area contributed by atoms with Gasteiger partial charge in [0.25, 0.3) is 5.56 Å². The summed E-state index contributed by atoms with van der Waals surface area (Å²) < 4.78 is 5.40. The van der Waals surface area contributed by atoms with E-state index in [1.807, 2.05) is 0 Å². The van der Waals surface area contributed by atoms with E-state index in [9.17, 15) is 9.90 Å². The molecule has 0 fully saturated rings. The Hall–Kier alpha value is -2.58. The Kier molecular flexibility index (Phi) is 3.70. The minimum Gasteiger partial charge on any atom is -0.496 e. The summed E-state index contributed by atoms with van der Waals surface area (Å²) in [6.45, 7) is -0.185. The molecule has 0 amide bonds. The number of aliphatic hydroxyl groups is 1. The largest absolute Gasteiger partial charge is 0.496 e. The zero-order valence-corrected chi connectivity index (χ0v) is 12.4. The van der Waals surface area contributed by atoms with Crippen LogP contribution in [0.25, 0.3) is 22.3 Å². The molecule has 0 radical (unpaired) electrons. The summed E-state index contributed by atoms with van der Waals surface area (Å²) in [6.07, 6.45) is 1.28. The lowest BCUT2D eigenvalue weighted by molar-refractivity contribution is 0.274. The standard InChI is InChI=1S/C14H12N4O3S/c1-21-9-3-2-7(4-8(9)5-19)11-10-12(18-14(22)17-11)15-6-16-13(10)20/h2-4,6,19H,5H2,1H3,(H2,15,16,17,18,20,22). The van der Waals surface area contributed by atoms with E-state index in [2.05, 4.69) is 19.9 Å². The Morgan fingerprint density at radius 2 is 2.23 bits per heavy atom. The molecule has 22 heavy (non-hydrogen) atoms. The lowest BCUT2D eigenvalue weighted by Gasteiger charge is -2.10. The van der Waals surface area contributed by atoms with E-state index in [1.54, 1.807) is 18.2 Å². The third-order valence-electron chi connectivity index (χ3n) is 3.26. The average molecular weight is 316 g/mol. The Balaban J connectivity index is 2.35. The van der Waals surface area contributed by atoms with Gasteiger partial charge in [-0.2, -0.15) is 4.98 Å². The number of benzene rings is 1. The second-order valence-corrected chi connectivity index (χ2v) is 4.92. The molecule has 3 aromatic rings. The van der Waals surface area contributed by atoms with Crippen molar-refractivity contribution < 1.29 is 9.84 Å². The van der Waals surface area contributed by atoms with Gasteiger partial charge in [0.05, 0.1) is 25.7 Å². The fourth-order valence-corrected chi connectivity index (χ4v) is 2.46. The van der Waals surface area contributed by atoms with Gasteiger partial charge in [-0.15, -0.1) is 0 Å². The van der Waals surface area contributed by atoms with Crippen LogP contribution in [0.4, 0.5) is 0 Å². The minimum absolute atomic E-state index is 0.185. The maximum Gasteiger partial charge on any atom is 0.262 e. The predicted octanol–water partition coefficient (Wildman–Crippen LogP) is 1.54. The number of hydrogen-bond acceptors (Lipinski definition) is 6. The van der Waals surface area contributed by atoms with Crippen LogP contribution in [-0.4, -0.2) is 32.2 Å². The van der Waals surface area contributed by atoms with E-state index in [0.29, 0.717) is 28.0 Å². The number of aromatic amines is 2. The Labute approximate surface area is 129 Å². The minimum atomic E-state index is -0.319. The Bertz CT molecular complexity index is 964. The number of nitrogens with zero attached hydrogens (tertiary/aromatic N) is 2. The normalized spacial score (nSPS) is 10.8. The molecule has 1 aromatic carbocycles. The molecule has 2 aromatic heterocycles. The first-order chi connectivity index (χ1) is 10.6. The molecule has 0 unspecified atom stereocenters. The highest BCUT2D eigenvalue weighted by Crippen LogP contribution is 2.27. The van der Waals surface area contributed by atoms with Gasteiger partial charge < -0.3 is 19.8 Å². The van der Waals surface area contributed by atoms with Crippen molar-refractivity contribution in [1.82, 2.24) is 19.9 Å². The molecule has 0 aliphatic carbocycles. The number of methoxy groups -OCH3 is 1. The third-order valence-corrected chi connectivity index (χ3v) is 3.46. The fraction of sp³-hybridized carbons (Fsp3) is 0.143. The van der Waals surface area contributed by atoms with Crippen LogP contribution in [-0.2, 0) is 6.61 Å². The maximum absolute atomic E-state index is 12.1. The van der Waals surface area contributed by atoms with Crippen LogP contribution >= 0.6 is 12.2 Å². The van der Waals surface area contributed by atoms with Crippen LogP contribution in [0.3, 0.4) is 0 Å². The number of fused-ring (bicyclic) bond motifs is 1. The van der Waals surface area contributed by atoms with Gasteiger partial charge in [-0.3, -0.25) is 4.79 Å². The van der Waals surface area contributed by atoms with Crippen molar-refractivity contribution in [3.8, 4) is 17.0 Å². The molecule has 0 bridgehead atoms. The number of H-pyrrole nitrogens is 2. The molecule has 3 rings (SSSR count). The van der Waals surface area contributed by atoms with Crippen LogP contribution in [0.2, 0.25) is 0 Å². The summed E-state index contributed by atoms with van der Waals surface area (Å²) >= 11 is 5.09. The number of aliphatic hydroxyl groups excluding tert-OH is 1. The van der Waals surface area contributed by atoms with Gasteiger partial charge in [0.2, 0.25) is 0 Å². The summed E-state index contributed by atoms with van der Waals surface area (Å²) in [5.41, 5.74) is 1.73. The summed E-state index contributed by atoms with van der Waals surface area (Å²) in [7, 11) is 1.53. The first-order valence-corrected chi connectivity index (χ1v) is 6.80. The van der Waals surface area contributed by atoms with Crippen molar-refractivity contribution in [2.24, 2.45) is 0 Å². The van der Waals surface area contributed by atoms with Crippen molar-refractivity contribution in [1.29, 1.82) is 0 Å². The highest BCUT2D eigenvalue weighted by atomic mass is 32.1. The molecule has 7 nitrogen and oxygen atoms in total. The lowest BCUT2D eigenvalue weighted by atomic mass is 10.1. The second kappa shape index (κ2) is 5.66. The summed E-state index contributed by atoms with van der Waals surface area (Å²) in [4.78, 5) is 25.6. The van der Waals surface area contributed by atoms with Crippen molar-refractivity contribution in [3.05, 3.63) is 45.2 Å². The van der Waals surface area contributed by atoms with Crippen molar-refractivity contribution >= 4 is 23.3 Å². The molecule has 0 aliphatic rings. The molecular weight excluding hydrogens is 304 g/mol. The van der Waals surface area contributed by atoms with E-state index < -0.39 is 0 Å². The molecule has 0 saturated carbocycles. The van der Waals surface area contributed by atoms with Gasteiger partial charge in [-0.25, -0.2) is 4.98 Å². The van der Waals surface area contributed by atoms with E-state index in [4.69, 9.17) is 17.0 Å². The van der Waals surface area contributed by atoms with Crippen molar-refractivity contribution in [2.75, 3.05) is 7.11 Å². The number of rotatable bonds is 3. The highest BCUT2D eigenvalue weighted by Gasteiger charge is 2.12. The molecule has 0 aliphatic heterocycles. The highest BCUT2D eigenvalue weighted by molar-refractivity contribution is 7.71. The zero-order valence-electron chi connectivity index (χ0n) is 11.6. The smallest absolute Gasteiger partial charge is 0.262 e. The van der Waals surface area contributed by atoms with Crippen LogP contribution in [0.15, 0.2) is 29.3 Å². The van der Waals surface area contributed by atoms with E-state index in [0.717, 1.165) is 0 Å². The van der Waals surface area contributed by atoms with E-state index in [1.165, 1.54) is 13.4 Å². The van der Waals surface area contributed by atoms with Crippen LogP contribution in [0.1, 0.15) is 5.56 Å². The fourth-order valence-electron chi connectivity index (χ4n) is 2.27. The van der Waals surface area contributed by atoms with Gasteiger partial charge in [-0.05, 0) is 36.0 Å². The van der Waals surface area contributed by atoms with Crippen LogP contribution in [0, 0.1) is 4.77 Å². The molecule has 2 heterocycles. The van der Waals surface area contributed by atoms with Crippen LogP contribution in [0.5, 0.6) is 5.75 Å². The Morgan fingerprint density at radius 1 is 1.41 bits per heavy atom. The van der Waals surface area contributed by atoms with Gasteiger partial charge in [0.1, 0.15) is 11.1 Å². The van der Waals surface area contributed by atoms with E-state index >= 15 is 0 Å². The molecule has 0 saturated heterocycles. The molecule has 3 N–H and O–H groups in total. The third kappa shape index (κ3) is 2.38. The summed E-state index contributed by atoms with van der Waals surface area (Å²) in [5.74, 6) is 0.565. The lowest BCUT2D eigenvalue weighted by Crippen LogP contribution is -2.10. The van der Waals surface area contributed by atoms with Gasteiger partial charge in [0.15, 0.2) is 10.4 Å². The number of nitrogens with one attached hydrogen (secondary N) is 2. The predicted molar refractivity (Wildman–Crippen MR) is 83.3 cm³/mol. The quantitative estimate of drug-likeness (QED) is 0.633. The first-order valence-electron chi connectivity index (χ1n) is 6.40. The van der Waals surface area contributed by atoms with Crippen LogP contribution < -0.4 is 10.3 Å². The zero-order chi connectivity index (χ0) is 15.7. The van der Waals surface area contributed by atoms with Crippen molar-refractivity contribution in [2.45, 2.75) is 6.61 Å². The van der Waals surface area contributed by atoms with Gasteiger partial charge in [-0.1, -0.05) is 0 Å².